The van der Waals surface area contributed by atoms with Gasteiger partial charge in [0.15, 0.2) is 0 Å². The number of H-pyrrole nitrogens is 1. The van der Waals surface area contributed by atoms with Crippen molar-refractivity contribution in [1.29, 1.82) is 0 Å². The molecule has 4 rings (SSSR count). The fraction of sp³-hybridized carbons (Fsp3) is 0.524. The first-order valence-corrected chi connectivity index (χ1v) is 10.1. The monoisotopic (exact) mass is 422 g/mol. The molecular weight excluding hydrogens is 397 g/mol. The molecular formula is C21H25F3N4O2. The summed E-state index contributed by atoms with van der Waals surface area (Å²) in [6, 6.07) is 5.35. The van der Waals surface area contributed by atoms with Gasteiger partial charge in [-0.15, -0.1) is 0 Å². The summed E-state index contributed by atoms with van der Waals surface area (Å²) >= 11 is 0. The Hall–Kier alpha value is -2.39. The molecule has 3 heterocycles. The van der Waals surface area contributed by atoms with Gasteiger partial charge in [-0.3, -0.25) is 9.69 Å². The molecule has 2 aliphatic heterocycles. The molecule has 2 aromatic rings. The number of carbonyl (C=O) groups is 1. The predicted molar refractivity (Wildman–Crippen MR) is 105 cm³/mol. The van der Waals surface area contributed by atoms with E-state index in [1.807, 2.05) is 4.90 Å². The third-order valence-corrected chi connectivity index (χ3v) is 5.98. The average molecular weight is 422 g/mol. The molecule has 0 saturated carbocycles. The van der Waals surface area contributed by atoms with E-state index in [4.69, 9.17) is 4.74 Å². The van der Waals surface area contributed by atoms with Crippen LogP contribution in [-0.4, -0.2) is 64.6 Å². The van der Waals surface area contributed by atoms with Crippen LogP contribution in [0.25, 0.3) is 11.3 Å². The first kappa shape index (κ1) is 20.9. The lowest BCUT2D eigenvalue weighted by atomic mass is 10.00. The number of amides is 1. The van der Waals surface area contributed by atoms with Crippen LogP contribution < -0.4 is 0 Å². The van der Waals surface area contributed by atoms with E-state index in [2.05, 4.69) is 14.9 Å². The number of piperidine rings is 1. The number of carbonyl (C=O) groups excluding carboxylic acids is 1. The number of hydrogen-bond donors (Lipinski definition) is 1. The fourth-order valence-corrected chi connectivity index (χ4v) is 4.29. The number of aromatic amines is 1. The Labute approximate surface area is 173 Å². The number of nitrogens with one attached hydrogen (secondary N) is 1. The molecule has 162 valence electrons. The topological polar surface area (TPSA) is 61.5 Å². The van der Waals surface area contributed by atoms with Crippen LogP contribution in [0.1, 0.15) is 37.2 Å². The molecule has 1 aromatic heterocycles. The Morgan fingerprint density at radius 3 is 2.50 bits per heavy atom. The predicted octanol–water partition coefficient (Wildman–Crippen LogP) is 3.48. The van der Waals surface area contributed by atoms with Crippen LogP contribution in [0.5, 0.6) is 0 Å². The van der Waals surface area contributed by atoms with Crippen LogP contribution in [0.4, 0.5) is 13.2 Å². The summed E-state index contributed by atoms with van der Waals surface area (Å²) < 4.78 is 44.1. The summed E-state index contributed by atoms with van der Waals surface area (Å²) in [5.41, 5.74) is 0.658. The second kappa shape index (κ2) is 8.39. The third kappa shape index (κ3) is 4.37. The molecule has 30 heavy (non-hydrogen) atoms. The van der Waals surface area contributed by atoms with Crippen LogP contribution >= 0.6 is 0 Å². The van der Waals surface area contributed by atoms with E-state index >= 15 is 0 Å². The number of rotatable bonds is 3. The average Bonchev–Trinajstić information content (AvgIpc) is 3.23. The minimum Gasteiger partial charge on any atom is -0.378 e. The van der Waals surface area contributed by atoms with Crippen LogP contribution in [0.15, 0.2) is 30.5 Å². The molecule has 0 radical (unpaired) electrons. The molecule has 1 atom stereocenters. The molecule has 0 spiro atoms. The highest BCUT2D eigenvalue weighted by Crippen LogP contribution is 2.32. The van der Waals surface area contributed by atoms with Crippen molar-refractivity contribution in [3.05, 3.63) is 41.9 Å². The Bertz CT molecular complexity index is 873. The second-order valence-corrected chi connectivity index (χ2v) is 7.82. The molecule has 1 N–H and O–H groups in total. The Morgan fingerprint density at radius 2 is 1.87 bits per heavy atom. The number of likely N-dealkylation sites (tertiary alicyclic amines) is 1. The molecule has 0 aliphatic carbocycles. The van der Waals surface area contributed by atoms with Crippen LogP contribution in [0.3, 0.4) is 0 Å². The SMILES string of the molecule is CC(=O)N1CCC(N2CCOCC2c2ncc(-c3ccc(C(F)(F)F)cc3)[nH]2)CC1. The minimum atomic E-state index is -4.35. The lowest BCUT2D eigenvalue weighted by Crippen LogP contribution is -2.51. The molecule has 6 nitrogen and oxygen atoms in total. The summed E-state index contributed by atoms with van der Waals surface area (Å²) in [6.45, 7) is 5.04. The molecule has 2 fully saturated rings. The van der Waals surface area contributed by atoms with E-state index in [-0.39, 0.29) is 11.9 Å². The zero-order valence-electron chi connectivity index (χ0n) is 16.8. The van der Waals surface area contributed by atoms with Gasteiger partial charge in [0.25, 0.3) is 0 Å². The van der Waals surface area contributed by atoms with Gasteiger partial charge in [0, 0.05) is 32.6 Å². The van der Waals surface area contributed by atoms with Crippen molar-refractivity contribution in [2.24, 2.45) is 0 Å². The number of imidazole rings is 1. The molecule has 2 saturated heterocycles. The molecule has 1 unspecified atom stereocenters. The largest absolute Gasteiger partial charge is 0.416 e. The molecule has 1 amide bonds. The van der Waals surface area contributed by atoms with Crippen molar-refractivity contribution in [3.8, 4) is 11.3 Å². The van der Waals surface area contributed by atoms with Crippen molar-refractivity contribution < 1.29 is 22.7 Å². The van der Waals surface area contributed by atoms with Gasteiger partial charge in [0.05, 0.1) is 36.7 Å². The highest BCUT2D eigenvalue weighted by atomic mass is 19.4. The zero-order valence-corrected chi connectivity index (χ0v) is 16.8. The summed E-state index contributed by atoms with van der Waals surface area (Å²) in [6.07, 6.45) is -0.885. The quantitative estimate of drug-likeness (QED) is 0.823. The van der Waals surface area contributed by atoms with Crippen molar-refractivity contribution in [2.45, 2.75) is 38.0 Å². The fourth-order valence-electron chi connectivity index (χ4n) is 4.29. The number of hydrogen-bond acceptors (Lipinski definition) is 4. The van der Waals surface area contributed by atoms with Crippen molar-refractivity contribution in [1.82, 2.24) is 19.8 Å². The van der Waals surface area contributed by atoms with Gasteiger partial charge in [-0.2, -0.15) is 13.2 Å². The maximum absolute atomic E-state index is 12.8. The number of halogens is 3. The maximum atomic E-state index is 12.8. The highest BCUT2D eigenvalue weighted by molar-refractivity contribution is 5.73. The number of nitrogens with zero attached hydrogens (tertiary/aromatic N) is 3. The summed E-state index contributed by atoms with van der Waals surface area (Å²) in [7, 11) is 0. The van der Waals surface area contributed by atoms with Gasteiger partial charge in [0.2, 0.25) is 5.91 Å². The molecule has 9 heteroatoms. The number of alkyl halides is 3. The van der Waals surface area contributed by atoms with Gasteiger partial charge in [-0.05, 0) is 30.5 Å². The van der Waals surface area contributed by atoms with Gasteiger partial charge < -0.3 is 14.6 Å². The number of ether oxygens (including phenoxy) is 1. The summed E-state index contributed by atoms with van der Waals surface area (Å²) in [4.78, 5) is 23.6. The van der Waals surface area contributed by atoms with E-state index in [0.29, 0.717) is 30.5 Å². The maximum Gasteiger partial charge on any atom is 0.416 e. The third-order valence-electron chi connectivity index (χ3n) is 5.98. The number of morpholine rings is 1. The standard InChI is InChI=1S/C21H25F3N4O2/c1-14(29)27-8-6-17(7-9-27)28-10-11-30-13-19(28)20-25-12-18(26-20)15-2-4-16(5-3-15)21(22,23)24/h2-5,12,17,19H,6-11,13H2,1H3,(H,25,26). The minimum absolute atomic E-state index is 0.0455. The van der Waals surface area contributed by atoms with Crippen LogP contribution in [-0.2, 0) is 15.7 Å². The van der Waals surface area contributed by atoms with Crippen LogP contribution in [0.2, 0.25) is 0 Å². The molecule has 2 aliphatic rings. The van der Waals surface area contributed by atoms with Gasteiger partial charge in [0.1, 0.15) is 5.82 Å². The van der Waals surface area contributed by atoms with Gasteiger partial charge in [-0.1, -0.05) is 12.1 Å². The van der Waals surface area contributed by atoms with Crippen molar-refractivity contribution >= 4 is 5.91 Å². The lowest BCUT2D eigenvalue weighted by Gasteiger charge is -2.43. The summed E-state index contributed by atoms with van der Waals surface area (Å²) in [5.74, 6) is 0.859. The van der Waals surface area contributed by atoms with Gasteiger partial charge >= 0.3 is 6.18 Å². The van der Waals surface area contributed by atoms with Crippen LogP contribution in [0, 0.1) is 0 Å². The number of benzene rings is 1. The zero-order chi connectivity index (χ0) is 21.3. The second-order valence-electron chi connectivity index (χ2n) is 7.82. The Kier molecular flexibility index (Phi) is 5.84. The van der Waals surface area contributed by atoms with E-state index in [0.717, 1.165) is 50.4 Å². The molecule has 0 bridgehead atoms. The van der Waals surface area contributed by atoms with Crippen molar-refractivity contribution in [2.75, 3.05) is 32.8 Å². The lowest BCUT2D eigenvalue weighted by molar-refractivity contribution is -0.137. The first-order valence-electron chi connectivity index (χ1n) is 10.1. The van der Waals surface area contributed by atoms with E-state index in [1.165, 1.54) is 12.1 Å². The van der Waals surface area contributed by atoms with Gasteiger partial charge in [-0.25, -0.2) is 4.98 Å². The number of aromatic nitrogens is 2. The Balaban J connectivity index is 1.49. The highest BCUT2D eigenvalue weighted by Gasteiger charge is 2.35. The van der Waals surface area contributed by atoms with E-state index in [9.17, 15) is 18.0 Å². The molecule has 1 aromatic carbocycles. The van der Waals surface area contributed by atoms with E-state index in [1.54, 1.807) is 13.1 Å². The Morgan fingerprint density at radius 1 is 1.17 bits per heavy atom. The smallest absolute Gasteiger partial charge is 0.378 e. The summed E-state index contributed by atoms with van der Waals surface area (Å²) in [5, 5.41) is 0. The normalized spacial score (nSPS) is 21.7. The van der Waals surface area contributed by atoms with Crippen molar-refractivity contribution in [3.63, 3.8) is 0 Å². The van der Waals surface area contributed by atoms with E-state index < -0.39 is 11.7 Å². The first-order chi connectivity index (χ1) is 14.3.